The van der Waals surface area contributed by atoms with E-state index >= 15 is 0 Å². The van der Waals surface area contributed by atoms with Crippen LogP contribution < -0.4 is 5.32 Å². The smallest absolute Gasteiger partial charge is 0.201 e. The molecule has 0 spiro atoms. The monoisotopic (exact) mass is 230 g/mol. The van der Waals surface area contributed by atoms with Crippen molar-refractivity contribution in [1.82, 2.24) is 5.32 Å². The van der Waals surface area contributed by atoms with Crippen LogP contribution in [0.3, 0.4) is 0 Å². The maximum atomic E-state index is 5.71. The molecule has 3 nitrogen and oxygen atoms in total. The third kappa shape index (κ3) is 2.50. The molecule has 2 unspecified atom stereocenters. The van der Waals surface area contributed by atoms with Crippen LogP contribution in [0.15, 0.2) is 35.3 Å². The van der Waals surface area contributed by atoms with Crippen molar-refractivity contribution in [1.29, 1.82) is 0 Å². The summed E-state index contributed by atoms with van der Waals surface area (Å²) in [6, 6.07) is 11.2. The summed E-state index contributed by atoms with van der Waals surface area (Å²) in [5.74, 6) is 0.934. The Morgan fingerprint density at radius 3 is 2.94 bits per heavy atom. The van der Waals surface area contributed by atoms with Gasteiger partial charge in [-0.1, -0.05) is 30.3 Å². The molecule has 2 aliphatic heterocycles. The van der Waals surface area contributed by atoms with E-state index in [9.17, 15) is 0 Å². The first-order valence-electron chi connectivity index (χ1n) is 6.39. The fourth-order valence-electron chi connectivity index (χ4n) is 2.51. The number of ether oxygens (including phenoxy) is 1. The lowest BCUT2D eigenvalue weighted by atomic mass is 10.1. The Morgan fingerprint density at radius 2 is 2.18 bits per heavy atom. The Balaban J connectivity index is 1.62. The Kier molecular flexibility index (Phi) is 3.10. The first kappa shape index (κ1) is 10.8. The number of hydrogen-bond acceptors (Lipinski definition) is 3. The summed E-state index contributed by atoms with van der Waals surface area (Å²) in [7, 11) is 0. The van der Waals surface area contributed by atoms with Gasteiger partial charge in [0.1, 0.15) is 6.61 Å². The molecule has 3 rings (SSSR count). The maximum absolute atomic E-state index is 5.71. The van der Waals surface area contributed by atoms with Gasteiger partial charge >= 0.3 is 0 Å². The standard InChI is InChI=1S/C14H18N2O/c1-2-5-11(6-3-1)9-12-10-17-14(16-12)13-7-4-8-15-13/h1-3,5-6,12-13,15H,4,7-10H2. The summed E-state index contributed by atoms with van der Waals surface area (Å²) in [4.78, 5) is 4.70. The zero-order valence-corrected chi connectivity index (χ0v) is 9.93. The molecule has 2 aliphatic rings. The highest BCUT2D eigenvalue weighted by Gasteiger charge is 2.27. The van der Waals surface area contributed by atoms with Gasteiger partial charge in [-0.15, -0.1) is 0 Å². The molecule has 2 heterocycles. The van der Waals surface area contributed by atoms with E-state index < -0.39 is 0 Å². The van der Waals surface area contributed by atoms with E-state index in [1.807, 2.05) is 6.07 Å². The molecule has 3 heteroatoms. The molecule has 2 atom stereocenters. The number of rotatable bonds is 3. The van der Waals surface area contributed by atoms with Crippen molar-refractivity contribution in [3.63, 3.8) is 0 Å². The van der Waals surface area contributed by atoms with Gasteiger partial charge in [0.05, 0.1) is 12.1 Å². The lowest BCUT2D eigenvalue weighted by Crippen LogP contribution is -2.30. The molecule has 17 heavy (non-hydrogen) atoms. The van der Waals surface area contributed by atoms with Crippen molar-refractivity contribution in [2.75, 3.05) is 13.2 Å². The van der Waals surface area contributed by atoms with Crippen LogP contribution in [-0.4, -0.2) is 31.1 Å². The van der Waals surface area contributed by atoms with Crippen LogP contribution in [0.1, 0.15) is 18.4 Å². The minimum Gasteiger partial charge on any atom is -0.478 e. The van der Waals surface area contributed by atoms with Gasteiger partial charge in [0.25, 0.3) is 0 Å². The number of aliphatic imine (C=N–C) groups is 1. The second-order valence-electron chi connectivity index (χ2n) is 4.77. The molecular weight excluding hydrogens is 212 g/mol. The number of nitrogens with zero attached hydrogens (tertiary/aromatic N) is 1. The summed E-state index contributed by atoms with van der Waals surface area (Å²) < 4.78 is 5.71. The summed E-state index contributed by atoms with van der Waals surface area (Å²) in [5.41, 5.74) is 1.34. The molecular formula is C14H18N2O. The minimum atomic E-state index is 0.301. The molecule has 90 valence electrons. The topological polar surface area (TPSA) is 33.6 Å². The molecule has 0 aromatic heterocycles. The molecule has 0 radical (unpaired) electrons. The highest BCUT2D eigenvalue weighted by atomic mass is 16.5. The zero-order chi connectivity index (χ0) is 11.5. The van der Waals surface area contributed by atoms with Crippen LogP contribution in [0.2, 0.25) is 0 Å². The van der Waals surface area contributed by atoms with E-state index in [0.717, 1.165) is 31.9 Å². The molecule has 1 N–H and O–H groups in total. The molecule has 1 saturated heterocycles. The second kappa shape index (κ2) is 4.88. The summed E-state index contributed by atoms with van der Waals surface area (Å²) >= 11 is 0. The normalized spacial score (nSPS) is 27.9. The van der Waals surface area contributed by atoms with E-state index in [1.165, 1.54) is 12.0 Å². The van der Waals surface area contributed by atoms with Crippen LogP contribution in [0.25, 0.3) is 0 Å². The summed E-state index contributed by atoms with van der Waals surface area (Å²) in [6.07, 6.45) is 3.38. The SMILES string of the molecule is c1ccc(CC2COC(C3CCCN3)=N2)cc1. The van der Waals surface area contributed by atoms with Gasteiger partial charge in [0.15, 0.2) is 0 Å². The van der Waals surface area contributed by atoms with Crippen LogP contribution >= 0.6 is 0 Å². The molecule has 1 aromatic carbocycles. The van der Waals surface area contributed by atoms with E-state index in [1.54, 1.807) is 0 Å². The van der Waals surface area contributed by atoms with Crippen molar-refractivity contribution in [2.24, 2.45) is 4.99 Å². The van der Waals surface area contributed by atoms with E-state index in [4.69, 9.17) is 9.73 Å². The zero-order valence-electron chi connectivity index (χ0n) is 9.93. The Labute approximate surface area is 102 Å². The lowest BCUT2D eigenvalue weighted by molar-refractivity contribution is 0.302. The van der Waals surface area contributed by atoms with Gasteiger partial charge in [-0.2, -0.15) is 0 Å². The predicted molar refractivity (Wildman–Crippen MR) is 68.3 cm³/mol. The average Bonchev–Trinajstić information content (AvgIpc) is 3.00. The predicted octanol–water partition coefficient (Wildman–Crippen LogP) is 1.78. The highest BCUT2D eigenvalue weighted by molar-refractivity contribution is 5.83. The average molecular weight is 230 g/mol. The van der Waals surface area contributed by atoms with Crippen molar-refractivity contribution in [3.8, 4) is 0 Å². The molecule has 0 amide bonds. The molecule has 0 bridgehead atoms. The van der Waals surface area contributed by atoms with E-state index in [0.29, 0.717) is 12.1 Å². The Morgan fingerprint density at radius 1 is 1.29 bits per heavy atom. The van der Waals surface area contributed by atoms with Crippen LogP contribution in [0, 0.1) is 0 Å². The number of benzene rings is 1. The summed E-state index contributed by atoms with van der Waals surface area (Å²) in [6.45, 7) is 1.83. The van der Waals surface area contributed by atoms with Crippen molar-refractivity contribution >= 4 is 5.90 Å². The van der Waals surface area contributed by atoms with Crippen LogP contribution in [0.5, 0.6) is 0 Å². The summed E-state index contributed by atoms with van der Waals surface area (Å²) in [5, 5.41) is 3.43. The van der Waals surface area contributed by atoms with Crippen molar-refractivity contribution < 1.29 is 4.74 Å². The van der Waals surface area contributed by atoms with Gasteiger partial charge in [0, 0.05) is 0 Å². The number of hydrogen-bond donors (Lipinski definition) is 1. The third-order valence-corrected chi connectivity index (χ3v) is 3.41. The lowest BCUT2D eigenvalue weighted by Gasteiger charge is -2.08. The molecule has 0 saturated carbocycles. The first-order chi connectivity index (χ1) is 8.42. The molecule has 0 aliphatic carbocycles. The second-order valence-corrected chi connectivity index (χ2v) is 4.77. The van der Waals surface area contributed by atoms with Crippen LogP contribution in [0.4, 0.5) is 0 Å². The van der Waals surface area contributed by atoms with Crippen LogP contribution in [-0.2, 0) is 11.2 Å². The van der Waals surface area contributed by atoms with Gasteiger partial charge in [-0.3, -0.25) is 0 Å². The first-order valence-corrected chi connectivity index (χ1v) is 6.39. The molecule has 1 aromatic rings. The van der Waals surface area contributed by atoms with Crippen molar-refractivity contribution in [3.05, 3.63) is 35.9 Å². The Bertz CT molecular complexity index is 396. The minimum absolute atomic E-state index is 0.301. The molecule has 1 fully saturated rings. The largest absolute Gasteiger partial charge is 0.478 e. The highest BCUT2D eigenvalue weighted by Crippen LogP contribution is 2.16. The third-order valence-electron chi connectivity index (χ3n) is 3.41. The van der Waals surface area contributed by atoms with E-state index in [2.05, 4.69) is 29.6 Å². The fraction of sp³-hybridized carbons (Fsp3) is 0.500. The quantitative estimate of drug-likeness (QED) is 0.858. The van der Waals surface area contributed by atoms with Gasteiger partial charge in [0.2, 0.25) is 5.90 Å². The van der Waals surface area contributed by atoms with Crippen molar-refractivity contribution in [2.45, 2.75) is 31.3 Å². The maximum Gasteiger partial charge on any atom is 0.201 e. The Hall–Kier alpha value is -1.35. The van der Waals surface area contributed by atoms with Gasteiger partial charge in [-0.05, 0) is 31.4 Å². The van der Waals surface area contributed by atoms with E-state index in [-0.39, 0.29) is 0 Å². The van der Waals surface area contributed by atoms with Gasteiger partial charge in [-0.25, -0.2) is 4.99 Å². The number of nitrogens with one attached hydrogen (secondary N) is 1. The fourth-order valence-corrected chi connectivity index (χ4v) is 2.51. The van der Waals surface area contributed by atoms with Gasteiger partial charge < -0.3 is 10.1 Å².